The van der Waals surface area contributed by atoms with Crippen LogP contribution in [0.3, 0.4) is 0 Å². The molecule has 0 aliphatic heterocycles. The third-order valence-electron chi connectivity index (χ3n) is 2.70. The number of rotatable bonds is 3. The van der Waals surface area contributed by atoms with Crippen LogP contribution in [0.4, 0.5) is 5.95 Å². The second-order valence-corrected chi connectivity index (χ2v) is 4.58. The summed E-state index contributed by atoms with van der Waals surface area (Å²) < 4.78 is 2.00. The van der Waals surface area contributed by atoms with Gasteiger partial charge in [0.1, 0.15) is 0 Å². The van der Waals surface area contributed by atoms with E-state index in [1.165, 1.54) is 0 Å². The van der Waals surface area contributed by atoms with Crippen LogP contribution in [-0.2, 0) is 6.54 Å². The predicted octanol–water partition coefficient (Wildman–Crippen LogP) is 1.11. The van der Waals surface area contributed by atoms with Crippen LogP contribution in [-0.4, -0.2) is 34.1 Å². The van der Waals surface area contributed by atoms with Crippen LogP contribution in [0.1, 0.15) is 19.5 Å². The lowest BCUT2D eigenvalue weighted by Crippen LogP contribution is -2.42. The zero-order valence-corrected chi connectivity index (χ0v) is 9.70. The van der Waals surface area contributed by atoms with Crippen molar-refractivity contribution in [2.75, 3.05) is 19.8 Å². The number of aromatic nitrogens is 2. The second kappa shape index (κ2) is 3.61. The Kier molecular flexibility index (Phi) is 2.85. The van der Waals surface area contributed by atoms with Crippen molar-refractivity contribution < 1.29 is 0 Å². The number of nitrogens with two attached hydrogens (primary N) is 1. The summed E-state index contributed by atoms with van der Waals surface area (Å²) in [5.41, 5.74) is 6.84. The van der Waals surface area contributed by atoms with Gasteiger partial charge in [0.15, 0.2) is 5.95 Å². The van der Waals surface area contributed by atoms with Gasteiger partial charge in [-0.15, -0.1) is 0 Å². The summed E-state index contributed by atoms with van der Waals surface area (Å²) in [7, 11) is 4.14. The number of aryl methyl sites for hydroxylation is 1. The lowest BCUT2D eigenvalue weighted by Gasteiger charge is -2.33. The van der Waals surface area contributed by atoms with Crippen molar-refractivity contribution in [3.05, 3.63) is 11.9 Å². The Morgan fingerprint density at radius 2 is 2.07 bits per heavy atom. The fraction of sp³-hybridized carbons (Fsp3) is 0.700. The maximum atomic E-state index is 5.78. The molecule has 0 saturated carbocycles. The molecule has 4 heteroatoms. The van der Waals surface area contributed by atoms with Gasteiger partial charge in [-0.05, 0) is 34.9 Å². The van der Waals surface area contributed by atoms with E-state index in [0.717, 1.165) is 12.2 Å². The Morgan fingerprint density at radius 3 is 2.43 bits per heavy atom. The summed E-state index contributed by atoms with van der Waals surface area (Å²) in [5.74, 6) is 0.595. The maximum absolute atomic E-state index is 5.78. The van der Waals surface area contributed by atoms with E-state index in [2.05, 4.69) is 37.8 Å². The van der Waals surface area contributed by atoms with Gasteiger partial charge >= 0.3 is 0 Å². The molecule has 0 amide bonds. The topological polar surface area (TPSA) is 47.1 Å². The van der Waals surface area contributed by atoms with Crippen molar-refractivity contribution in [2.45, 2.75) is 32.9 Å². The monoisotopic (exact) mass is 196 g/mol. The van der Waals surface area contributed by atoms with Gasteiger partial charge in [0.2, 0.25) is 0 Å². The summed E-state index contributed by atoms with van der Waals surface area (Å²) in [5, 5.41) is 0. The number of likely N-dealkylation sites (N-methyl/N-ethyl adjacent to an activating group) is 1. The molecule has 0 radical (unpaired) electrons. The lowest BCUT2D eigenvalue weighted by molar-refractivity contribution is 0.170. The Bertz CT molecular complexity index is 312. The third-order valence-corrected chi connectivity index (χ3v) is 2.70. The van der Waals surface area contributed by atoms with Crippen molar-refractivity contribution in [1.82, 2.24) is 14.5 Å². The summed E-state index contributed by atoms with van der Waals surface area (Å²) in [4.78, 5) is 6.36. The van der Waals surface area contributed by atoms with Crippen LogP contribution in [0.25, 0.3) is 0 Å². The van der Waals surface area contributed by atoms with E-state index in [4.69, 9.17) is 5.73 Å². The Hall–Kier alpha value is -1.03. The molecule has 2 N–H and O–H groups in total. The molecule has 0 aliphatic rings. The molecular formula is C10H20N4. The van der Waals surface area contributed by atoms with Crippen LogP contribution >= 0.6 is 0 Å². The highest BCUT2D eigenvalue weighted by atomic mass is 15.2. The van der Waals surface area contributed by atoms with Crippen molar-refractivity contribution in [2.24, 2.45) is 0 Å². The van der Waals surface area contributed by atoms with Crippen LogP contribution in [0.15, 0.2) is 6.20 Å². The molecule has 0 saturated heterocycles. The smallest absolute Gasteiger partial charge is 0.200 e. The standard InChI is InChI=1S/C10H20N4/c1-8-6-14(9(11)12-8)7-10(2,3)13(4)5/h6H,7H2,1-5H3,(H2,11,12). The van der Waals surface area contributed by atoms with E-state index in [-0.39, 0.29) is 5.54 Å². The summed E-state index contributed by atoms with van der Waals surface area (Å²) >= 11 is 0. The summed E-state index contributed by atoms with van der Waals surface area (Å²) in [6.07, 6.45) is 1.99. The number of hydrogen-bond acceptors (Lipinski definition) is 3. The molecular weight excluding hydrogens is 176 g/mol. The molecule has 0 atom stereocenters. The molecule has 0 fully saturated rings. The maximum Gasteiger partial charge on any atom is 0.200 e. The summed E-state index contributed by atoms with van der Waals surface area (Å²) in [6, 6.07) is 0. The van der Waals surface area contributed by atoms with Gasteiger partial charge < -0.3 is 15.2 Å². The Labute approximate surface area is 85.7 Å². The van der Waals surface area contributed by atoms with E-state index >= 15 is 0 Å². The van der Waals surface area contributed by atoms with Gasteiger partial charge in [0.05, 0.1) is 5.69 Å². The highest BCUT2D eigenvalue weighted by Gasteiger charge is 2.21. The van der Waals surface area contributed by atoms with Crippen molar-refractivity contribution in [3.63, 3.8) is 0 Å². The highest BCUT2D eigenvalue weighted by molar-refractivity contribution is 5.21. The molecule has 4 nitrogen and oxygen atoms in total. The molecule has 1 aromatic heterocycles. The first-order valence-electron chi connectivity index (χ1n) is 4.79. The molecule has 0 unspecified atom stereocenters. The fourth-order valence-corrected chi connectivity index (χ4v) is 1.25. The summed E-state index contributed by atoms with van der Waals surface area (Å²) in [6.45, 7) is 7.17. The molecule has 14 heavy (non-hydrogen) atoms. The molecule has 1 heterocycles. The first kappa shape index (κ1) is 11.0. The first-order valence-corrected chi connectivity index (χ1v) is 4.79. The molecule has 0 aromatic carbocycles. The number of anilines is 1. The van der Waals surface area contributed by atoms with Gasteiger partial charge in [-0.25, -0.2) is 4.98 Å². The van der Waals surface area contributed by atoms with E-state index < -0.39 is 0 Å². The van der Waals surface area contributed by atoms with Crippen LogP contribution in [0.5, 0.6) is 0 Å². The van der Waals surface area contributed by atoms with Crippen molar-refractivity contribution in [1.29, 1.82) is 0 Å². The lowest BCUT2D eigenvalue weighted by atomic mass is 10.0. The Morgan fingerprint density at radius 1 is 1.50 bits per heavy atom. The minimum Gasteiger partial charge on any atom is -0.369 e. The Balaban J connectivity index is 2.83. The number of imidazole rings is 1. The zero-order valence-electron chi connectivity index (χ0n) is 9.70. The molecule has 0 spiro atoms. The van der Waals surface area contributed by atoms with E-state index in [1.54, 1.807) is 0 Å². The van der Waals surface area contributed by atoms with Crippen LogP contribution in [0, 0.1) is 6.92 Å². The number of nitrogen functional groups attached to an aromatic ring is 1. The molecule has 80 valence electrons. The van der Waals surface area contributed by atoms with Gasteiger partial charge in [0.25, 0.3) is 0 Å². The quantitative estimate of drug-likeness (QED) is 0.788. The van der Waals surface area contributed by atoms with E-state index in [0.29, 0.717) is 5.95 Å². The highest BCUT2D eigenvalue weighted by Crippen LogP contribution is 2.16. The molecule has 1 aromatic rings. The number of hydrogen-bond donors (Lipinski definition) is 1. The minimum atomic E-state index is 0.0846. The normalized spacial score (nSPS) is 12.4. The predicted molar refractivity (Wildman–Crippen MR) is 59.1 cm³/mol. The average Bonchev–Trinajstić information content (AvgIpc) is 2.29. The average molecular weight is 196 g/mol. The third kappa shape index (κ3) is 2.26. The van der Waals surface area contributed by atoms with E-state index in [9.17, 15) is 0 Å². The number of nitrogens with zero attached hydrogens (tertiary/aromatic N) is 3. The van der Waals surface area contributed by atoms with Gasteiger partial charge in [-0.2, -0.15) is 0 Å². The minimum absolute atomic E-state index is 0.0846. The largest absolute Gasteiger partial charge is 0.369 e. The van der Waals surface area contributed by atoms with E-state index in [1.807, 2.05) is 17.7 Å². The fourth-order valence-electron chi connectivity index (χ4n) is 1.25. The van der Waals surface area contributed by atoms with Crippen LogP contribution < -0.4 is 5.73 Å². The van der Waals surface area contributed by atoms with Crippen molar-refractivity contribution in [3.8, 4) is 0 Å². The SMILES string of the molecule is Cc1cn(CC(C)(C)N(C)C)c(N)n1. The molecule has 0 aliphatic carbocycles. The van der Waals surface area contributed by atoms with Gasteiger partial charge in [-0.1, -0.05) is 0 Å². The zero-order chi connectivity index (χ0) is 10.9. The van der Waals surface area contributed by atoms with Crippen molar-refractivity contribution >= 4 is 5.95 Å². The van der Waals surface area contributed by atoms with Gasteiger partial charge in [-0.3, -0.25) is 0 Å². The van der Waals surface area contributed by atoms with Gasteiger partial charge in [0, 0.05) is 18.3 Å². The van der Waals surface area contributed by atoms with Crippen LogP contribution in [0.2, 0.25) is 0 Å². The second-order valence-electron chi connectivity index (χ2n) is 4.58. The molecule has 1 rings (SSSR count). The molecule has 0 bridgehead atoms. The first-order chi connectivity index (χ1) is 6.33.